The predicted octanol–water partition coefficient (Wildman–Crippen LogP) is 1.93. The molecule has 1 aliphatic carbocycles. The second-order valence-corrected chi connectivity index (χ2v) is 6.28. The molecule has 0 unspecified atom stereocenters. The summed E-state index contributed by atoms with van der Waals surface area (Å²) in [7, 11) is 0. The third kappa shape index (κ3) is 3.53. The Balaban J connectivity index is 1.76. The topological polar surface area (TPSA) is 92.9 Å². The Morgan fingerprint density at radius 3 is 2.91 bits per heavy atom. The lowest BCUT2D eigenvalue weighted by Gasteiger charge is -2.25. The molecule has 0 aliphatic heterocycles. The van der Waals surface area contributed by atoms with Crippen LogP contribution >= 0.6 is 0 Å². The summed E-state index contributed by atoms with van der Waals surface area (Å²) in [6.07, 6.45) is 5.35. The van der Waals surface area contributed by atoms with E-state index in [9.17, 15) is 9.59 Å². The highest BCUT2D eigenvalue weighted by Crippen LogP contribution is 2.25. The van der Waals surface area contributed by atoms with Crippen molar-refractivity contribution in [3.8, 4) is 5.69 Å². The van der Waals surface area contributed by atoms with E-state index in [0.717, 1.165) is 37.1 Å². The highest BCUT2D eigenvalue weighted by molar-refractivity contribution is 5.92. The van der Waals surface area contributed by atoms with Crippen molar-refractivity contribution in [1.82, 2.24) is 9.55 Å². The van der Waals surface area contributed by atoms with Crippen LogP contribution in [0.15, 0.2) is 35.3 Å². The Labute approximate surface area is 134 Å². The Bertz CT molecular complexity index is 762. The van der Waals surface area contributed by atoms with Crippen LogP contribution in [0.25, 0.3) is 5.69 Å². The molecule has 3 rings (SSSR count). The molecule has 0 radical (unpaired) electrons. The molecule has 1 aliphatic rings. The third-order valence-electron chi connectivity index (χ3n) is 4.32. The van der Waals surface area contributed by atoms with Gasteiger partial charge in [-0.2, -0.15) is 0 Å². The van der Waals surface area contributed by atoms with Gasteiger partial charge in [0.15, 0.2) is 0 Å². The fourth-order valence-corrected chi connectivity index (χ4v) is 3.15. The van der Waals surface area contributed by atoms with Gasteiger partial charge in [-0.1, -0.05) is 12.5 Å². The summed E-state index contributed by atoms with van der Waals surface area (Å²) in [6, 6.07) is 7.41. The van der Waals surface area contributed by atoms with Gasteiger partial charge in [-0.05, 0) is 44.4 Å². The van der Waals surface area contributed by atoms with Gasteiger partial charge in [0.25, 0.3) is 0 Å². The fraction of sp³-hybridized carbons (Fsp3) is 0.412. The maximum atomic E-state index is 12.4. The predicted molar refractivity (Wildman–Crippen MR) is 89.7 cm³/mol. The molecule has 6 heteroatoms. The zero-order valence-corrected chi connectivity index (χ0v) is 13.2. The van der Waals surface area contributed by atoms with E-state index < -0.39 is 0 Å². The van der Waals surface area contributed by atoms with E-state index in [2.05, 4.69) is 10.3 Å². The lowest BCUT2D eigenvalue weighted by atomic mass is 9.85. The van der Waals surface area contributed by atoms with Gasteiger partial charge in [-0.3, -0.25) is 9.36 Å². The maximum Gasteiger partial charge on any atom is 0.330 e. The number of nitrogens with zero attached hydrogens (tertiary/aromatic N) is 1. The minimum atomic E-state index is -0.191. The second kappa shape index (κ2) is 6.42. The number of aromatic nitrogens is 2. The number of aryl methyl sites for hydroxylation is 1. The molecule has 2 atom stereocenters. The van der Waals surface area contributed by atoms with Gasteiger partial charge < -0.3 is 16.0 Å². The van der Waals surface area contributed by atoms with Gasteiger partial charge in [-0.25, -0.2) is 4.79 Å². The van der Waals surface area contributed by atoms with Gasteiger partial charge in [0.05, 0.1) is 5.69 Å². The van der Waals surface area contributed by atoms with E-state index in [4.69, 9.17) is 5.73 Å². The number of aromatic amines is 1. The van der Waals surface area contributed by atoms with Crippen LogP contribution in [0, 0.1) is 12.8 Å². The first kappa shape index (κ1) is 15.6. The summed E-state index contributed by atoms with van der Waals surface area (Å²) in [5, 5.41) is 2.95. The average molecular weight is 314 g/mol. The van der Waals surface area contributed by atoms with Crippen molar-refractivity contribution in [3.63, 3.8) is 0 Å². The summed E-state index contributed by atoms with van der Waals surface area (Å²) in [5.41, 5.74) is 7.97. The van der Waals surface area contributed by atoms with Crippen LogP contribution in [0.1, 0.15) is 31.4 Å². The van der Waals surface area contributed by atoms with Crippen molar-refractivity contribution in [2.75, 3.05) is 5.32 Å². The van der Waals surface area contributed by atoms with Gasteiger partial charge >= 0.3 is 5.69 Å². The Hall–Kier alpha value is -2.34. The summed E-state index contributed by atoms with van der Waals surface area (Å²) >= 11 is 0. The molecule has 0 bridgehead atoms. The van der Waals surface area contributed by atoms with Crippen molar-refractivity contribution in [1.29, 1.82) is 0 Å². The monoisotopic (exact) mass is 314 g/mol. The molecule has 4 N–H and O–H groups in total. The van der Waals surface area contributed by atoms with E-state index in [1.54, 1.807) is 12.3 Å². The number of hydrogen-bond acceptors (Lipinski definition) is 3. The molecule has 0 saturated heterocycles. The van der Waals surface area contributed by atoms with E-state index in [1.165, 1.54) is 4.57 Å². The number of carbonyl (C=O) groups excluding carboxylic acids is 1. The van der Waals surface area contributed by atoms with Gasteiger partial charge in [0.2, 0.25) is 5.91 Å². The summed E-state index contributed by atoms with van der Waals surface area (Å²) in [5.74, 6) is -0.0190. The van der Waals surface area contributed by atoms with Gasteiger partial charge in [0.1, 0.15) is 0 Å². The number of nitrogens with one attached hydrogen (secondary N) is 2. The highest BCUT2D eigenvalue weighted by Gasteiger charge is 2.25. The molecular formula is C17H22N4O2. The van der Waals surface area contributed by atoms with E-state index in [0.29, 0.717) is 5.69 Å². The van der Waals surface area contributed by atoms with Crippen LogP contribution in [-0.2, 0) is 4.79 Å². The summed E-state index contributed by atoms with van der Waals surface area (Å²) < 4.78 is 1.53. The maximum absolute atomic E-state index is 12.4. The van der Waals surface area contributed by atoms with Crippen molar-refractivity contribution < 1.29 is 4.79 Å². The largest absolute Gasteiger partial charge is 0.330 e. The quantitative estimate of drug-likeness (QED) is 0.808. The Kier molecular flexibility index (Phi) is 4.34. The minimum absolute atomic E-state index is 0.00916. The lowest BCUT2D eigenvalue weighted by Crippen LogP contribution is -2.34. The Morgan fingerprint density at radius 1 is 1.39 bits per heavy atom. The molecule has 1 saturated carbocycles. The van der Waals surface area contributed by atoms with Crippen molar-refractivity contribution in [2.45, 2.75) is 38.6 Å². The Morgan fingerprint density at radius 2 is 2.22 bits per heavy atom. The van der Waals surface area contributed by atoms with Crippen LogP contribution in [0.5, 0.6) is 0 Å². The molecule has 1 amide bonds. The molecule has 2 aromatic rings. The van der Waals surface area contributed by atoms with Gasteiger partial charge in [0, 0.05) is 29.5 Å². The van der Waals surface area contributed by atoms with Crippen LogP contribution in [0.4, 0.5) is 5.69 Å². The normalized spacial score (nSPS) is 21.1. The van der Waals surface area contributed by atoms with Gasteiger partial charge in [-0.15, -0.1) is 0 Å². The minimum Gasteiger partial charge on any atom is -0.328 e. The van der Waals surface area contributed by atoms with E-state index in [-0.39, 0.29) is 23.6 Å². The number of carbonyl (C=O) groups is 1. The molecule has 0 spiro atoms. The average Bonchev–Trinajstić information content (AvgIpc) is 2.86. The zero-order valence-electron chi connectivity index (χ0n) is 13.2. The molecule has 122 valence electrons. The summed E-state index contributed by atoms with van der Waals surface area (Å²) in [4.78, 5) is 27.0. The first-order chi connectivity index (χ1) is 11.0. The number of anilines is 1. The van der Waals surface area contributed by atoms with Crippen LogP contribution < -0.4 is 16.7 Å². The first-order valence-electron chi connectivity index (χ1n) is 7.98. The number of benzene rings is 1. The molecule has 23 heavy (non-hydrogen) atoms. The SMILES string of the molecule is Cc1cn(-c2cccc(NC(=O)[C@@H]3CCC[C@@H](N)C3)c2)c(=O)[nH]1. The first-order valence-corrected chi connectivity index (χ1v) is 7.98. The fourth-order valence-electron chi connectivity index (χ4n) is 3.15. The number of H-pyrrole nitrogens is 1. The molecule has 1 heterocycles. The number of hydrogen-bond donors (Lipinski definition) is 3. The highest BCUT2D eigenvalue weighted by atomic mass is 16.2. The molecular weight excluding hydrogens is 292 g/mol. The smallest absolute Gasteiger partial charge is 0.328 e. The van der Waals surface area contributed by atoms with Crippen molar-refractivity contribution in [2.24, 2.45) is 11.7 Å². The van der Waals surface area contributed by atoms with Crippen LogP contribution in [-0.4, -0.2) is 21.5 Å². The van der Waals surface area contributed by atoms with E-state index in [1.807, 2.05) is 25.1 Å². The standard InChI is InChI=1S/C17H22N4O2/c1-11-10-21(17(23)19-11)15-7-3-6-14(9-15)20-16(22)12-4-2-5-13(18)8-12/h3,6-7,9-10,12-13H,2,4-5,8,18H2,1H3,(H,19,23)(H,20,22)/t12-,13-/m1/s1. The van der Waals surface area contributed by atoms with Crippen molar-refractivity contribution in [3.05, 3.63) is 46.6 Å². The number of amides is 1. The number of nitrogens with two attached hydrogens (primary N) is 1. The molecule has 6 nitrogen and oxygen atoms in total. The molecule has 1 fully saturated rings. The van der Waals surface area contributed by atoms with Crippen molar-refractivity contribution >= 4 is 11.6 Å². The van der Waals surface area contributed by atoms with E-state index >= 15 is 0 Å². The number of imidazole rings is 1. The molecule has 1 aromatic heterocycles. The van der Waals surface area contributed by atoms with Crippen LogP contribution in [0.2, 0.25) is 0 Å². The third-order valence-corrected chi connectivity index (χ3v) is 4.32. The van der Waals surface area contributed by atoms with Crippen LogP contribution in [0.3, 0.4) is 0 Å². The zero-order chi connectivity index (χ0) is 16.4. The number of rotatable bonds is 3. The second-order valence-electron chi connectivity index (χ2n) is 6.28. The molecule has 1 aromatic carbocycles. The summed E-state index contributed by atoms with van der Waals surface area (Å²) in [6.45, 7) is 1.83. The lowest BCUT2D eigenvalue weighted by molar-refractivity contribution is -0.120.